The predicted octanol–water partition coefficient (Wildman–Crippen LogP) is 2.81. The summed E-state index contributed by atoms with van der Waals surface area (Å²) in [5.41, 5.74) is 6.21. The second-order valence-corrected chi connectivity index (χ2v) is 6.94. The lowest BCUT2D eigenvalue weighted by atomic mass is 9.89. The minimum atomic E-state index is -0.297. The number of hydrogen-bond acceptors (Lipinski definition) is 3. The molecule has 1 aliphatic heterocycles. The van der Waals surface area contributed by atoms with Crippen LogP contribution in [-0.4, -0.2) is 49.9 Å². The van der Waals surface area contributed by atoms with Crippen molar-refractivity contribution in [3.63, 3.8) is 0 Å². The van der Waals surface area contributed by atoms with Crippen molar-refractivity contribution < 1.29 is 9.18 Å². The van der Waals surface area contributed by atoms with Gasteiger partial charge in [0.05, 0.1) is 0 Å². The molecule has 144 valence electrons. The topological polar surface area (TPSA) is 70.7 Å². The lowest BCUT2D eigenvalue weighted by Crippen LogP contribution is -2.37. The molecule has 0 spiro atoms. The third kappa shape index (κ3) is 6.75. The Hall–Kier alpha value is -1.95. The van der Waals surface area contributed by atoms with Gasteiger partial charge in [-0.3, -0.25) is 9.79 Å². The molecule has 6 heteroatoms. The Morgan fingerprint density at radius 3 is 2.50 bits per heavy atom. The number of Topliss-reactive ketones (excluding diaryl/α,β-unsaturated/α-hetero) is 1. The fourth-order valence-electron chi connectivity index (χ4n) is 3.38. The zero-order valence-corrected chi connectivity index (χ0v) is 15.7. The van der Waals surface area contributed by atoms with Crippen LogP contribution in [0.3, 0.4) is 0 Å². The Morgan fingerprint density at radius 2 is 1.85 bits per heavy atom. The molecule has 0 bridgehead atoms. The van der Waals surface area contributed by atoms with Crippen LogP contribution in [0.25, 0.3) is 0 Å². The van der Waals surface area contributed by atoms with Crippen LogP contribution in [-0.2, 0) is 0 Å². The van der Waals surface area contributed by atoms with E-state index in [9.17, 15) is 9.18 Å². The Morgan fingerprint density at radius 1 is 1.19 bits per heavy atom. The molecule has 1 heterocycles. The van der Waals surface area contributed by atoms with E-state index in [0.717, 1.165) is 45.4 Å². The number of ketones is 1. The summed E-state index contributed by atoms with van der Waals surface area (Å²) in [5, 5.41) is 3.07. The Labute approximate surface area is 155 Å². The SMILES string of the molecule is CN=C(N)NCCCCCCN1CCC(C(=O)c2ccc(F)cc2)CC1. The van der Waals surface area contributed by atoms with Crippen molar-refractivity contribution >= 4 is 11.7 Å². The van der Waals surface area contributed by atoms with Gasteiger partial charge in [-0.15, -0.1) is 0 Å². The van der Waals surface area contributed by atoms with Gasteiger partial charge in [-0.1, -0.05) is 12.8 Å². The first-order valence-corrected chi connectivity index (χ1v) is 9.58. The number of likely N-dealkylation sites (tertiary alicyclic amines) is 1. The molecule has 0 aromatic heterocycles. The molecule has 2 rings (SSSR count). The molecule has 0 saturated carbocycles. The molecule has 0 radical (unpaired) electrons. The normalized spacial score (nSPS) is 16.6. The van der Waals surface area contributed by atoms with Gasteiger partial charge in [0.15, 0.2) is 11.7 Å². The second-order valence-electron chi connectivity index (χ2n) is 6.94. The zero-order chi connectivity index (χ0) is 18.8. The molecule has 0 aliphatic carbocycles. The summed E-state index contributed by atoms with van der Waals surface area (Å²) in [6, 6.07) is 5.92. The average Bonchev–Trinajstić information content (AvgIpc) is 2.67. The molecule has 1 saturated heterocycles. The highest BCUT2D eigenvalue weighted by molar-refractivity contribution is 5.97. The summed E-state index contributed by atoms with van der Waals surface area (Å²) in [6.07, 6.45) is 6.48. The van der Waals surface area contributed by atoms with Crippen molar-refractivity contribution in [3.05, 3.63) is 35.6 Å². The van der Waals surface area contributed by atoms with E-state index < -0.39 is 0 Å². The number of carbonyl (C=O) groups excluding carboxylic acids is 1. The van der Waals surface area contributed by atoms with E-state index in [-0.39, 0.29) is 17.5 Å². The van der Waals surface area contributed by atoms with Gasteiger partial charge in [-0.25, -0.2) is 4.39 Å². The van der Waals surface area contributed by atoms with Crippen LogP contribution >= 0.6 is 0 Å². The summed E-state index contributed by atoms with van der Waals surface area (Å²) in [6.45, 7) is 3.93. The Balaban J connectivity index is 1.57. The molecule has 1 fully saturated rings. The lowest BCUT2D eigenvalue weighted by molar-refractivity contribution is 0.0839. The maximum atomic E-state index is 13.0. The fraction of sp³-hybridized carbons (Fsp3) is 0.600. The van der Waals surface area contributed by atoms with Crippen molar-refractivity contribution in [1.29, 1.82) is 0 Å². The van der Waals surface area contributed by atoms with E-state index in [1.165, 1.54) is 31.4 Å². The molecule has 0 atom stereocenters. The van der Waals surface area contributed by atoms with Gasteiger partial charge in [0.2, 0.25) is 0 Å². The highest BCUT2D eigenvalue weighted by atomic mass is 19.1. The molecule has 1 aromatic carbocycles. The van der Waals surface area contributed by atoms with Gasteiger partial charge < -0.3 is 16.0 Å². The number of unbranched alkanes of at least 4 members (excludes halogenated alkanes) is 3. The van der Waals surface area contributed by atoms with Crippen LogP contribution in [0.2, 0.25) is 0 Å². The molecule has 5 nitrogen and oxygen atoms in total. The minimum absolute atomic E-state index is 0.0773. The first-order valence-electron chi connectivity index (χ1n) is 9.58. The van der Waals surface area contributed by atoms with Crippen LogP contribution in [0.5, 0.6) is 0 Å². The Bertz CT molecular complexity index is 580. The standard InChI is InChI=1S/C20H31FN4O/c1-23-20(22)24-12-4-2-3-5-13-25-14-10-17(11-15-25)19(26)16-6-8-18(21)9-7-16/h6-9,17H,2-5,10-15H2,1H3,(H3,22,23,24). The number of aliphatic imine (C=N–C) groups is 1. The van der Waals surface area contributed by atoms with Crippen LogP contribution in [0.4, 0.5) is 4.39 Å². The molecule has 3 N–H and O–H groups in total. The number of nitrogens with two attached hydrogens (primary N) is 1. The van der Waals surface area contributed by atoms with Crippen molar-refractivity contribution in [2.24, 2.45) is 16.6 Å². The summed E-state index contributed by atoms with van der Waals surface area (Å²) in [5.74, 6) is 0.442. The van der Waals surface area contributed by atoms with Gasteiger partial charge in [0.1, 0.15) is 5.82 Å². The number of nitrogens with one attached hydrogen (secondary N) is 1. The minimum Gasteiger partial charge on any atom is -0.370 e. The molecular formula is C20H31FN4O. The predicted molar refractivity (Wildman–Crippen MR) is 104 cm³/mol. The molecule has 1 aromatic rings. The first kappa shape index (κ1) is 20.4. The van der Waals surface area contributed by atoms with Crippen LogP contribution in [0, 0.1) is 11.7 Å². The molecule has 0 unspecified atom stereocenters. The molecule has 26 heavy (non-hydrogen) atoms. The number of rotatable bonds is 9. The fourth-order valence-corrected chi connectivity index (χ4v) is 3.38. The molecule has 1 aliphatic rings. The average molecular weight is 362 g/mol. The van der Waals surface area contributed by atoms with E-state index >= 15 is 0 Å². The number of guanidine groups is 1. The number of benzene rings is 1. The van der Waals surface area contributed by atoms with E-state index in [4.69, 9.17) is 5.73 Å². The number of nitrogens with zero attached hydrogens (tertiary/aromatic N) is 2. The summed E-state index contributed by atoms with van der Waals surface area (Å²) < 4.78 is 13.0. The highest BCUT2D eigenvalue weighted by Gasteiger charge is 2.25. The van der Waals surface area contributed by atoms with Gasteiger partial charge in [-0.05, 0) is 69.6 Å². The van der Waals surface area contributed by atoms with E-state index in [1.54, 1.807) is 19.2 Å². The molecular weight excluding hydrogens is 331 g/mol. The third-order valence-electron chi connectivity index (χ3n) is 5.04. The smallest absolute Gasteiger partial charge is 0.188 e. The maximum Gasteiger partial charge on any atom is 0.188 e. The van der Waals surface area contributed by atoms with E-state index in [1.807, 2.05) is 0 Å². The number of carbonyl (C=O) groups is 1. The highest BCUT2D eigenvalue weighted by Crippen LogP contribution is 2.22. The summed E-state index contributed by atoms with van der Waals surface area (Å²) >= 11 is 0. The van der Waals surface area contributed by atoms with Crippen LogP contribution in [0.15, 0.2) is 29.3 Å². The maximum absolute atomic E-state index is 13.0. The zero-order valence-electron chi connectivity index (χ0n) is 15.7. The van der Waals surface area contributed by atoms with Crippen molar-refractivity contribution in [2.75, 3.05) is 33.2 Å². The summed E-state index contributed by atoms with van der Waals surface area (Å²) in [7, 11) is 1.68. The lowest BCUT2D eigenvalue weighted by Gasteiger charge is -2.31. The largest absolute Gasteiger partial charge is 0.370 e. The van der Waals surface area contributed by atoms with Crippen molar-refractivity contribution in [2.45, 2.75) is 38.5 Å². The Kier molecular flexibility index (Phi) is 8.54. The number of hydrogen-bond donors (Lipinski definition) is 2. The van der Waals surface area contributed by atoms with Crippen LogP contribution < -0.4 is 11.1 Å². The number of piperidine rings is 1. The van der Waals surface area contributed by atoms with Gasteiger partial charge >= 0.3 is 0 Å². The van der Waals surface area contributed by atoms with Gasteiger partial charge in [0.25, 0.3) is 0 Å². The number of halogens is 1. The third-order valence-corrected chi connectivity index (χ3v) is 5.04. The second kappa shape index (κ2) is 10.9. The van der Waals surface area contributed by atoms with Crippen molar-refractivity contribution in [3.8, 4) is 0 Å². The van der Waals surface area contributed by atoms with Gasteiger partial charge in [0, 0.05) is 25.1 Å². The molecule has 0 amide bonds. The van der Waals surface area contributed by atoms with E-state index in [0.29, 0.717) is 11.5 Å². The van der Waals surface area contributed by atoms with Crippen LogP contribution in [0.1, 0.15) is 48.9 Å². The van der Waals surface area contributed by atoms with Gasteiger partial charge in [-0.2, -0.15) is 0 Å². The van der Waals surface area contributed by atoms with E-state index in [2.05, 4.69) is 15.2 Å². The first-order chi connectivity index (χ1) is 12.6. The van der Waals surface area contributed by atoms with Crippen molar-refractivity contribution in [1.82, 2.24) is 10.2 Å². The summed E-state index contributed by atoms with van der Waals surface area (Å²) in [4.78, 5) is 18.8. The quantitative estimate of drug-likeness (QED) is 0.307. The monoisotopic (exact) mass is 362 g/mol.